The van der Waals surface area contributed by atoms with Crippen LogP contribution in [0, 0.1) is 16.0 Å². The Bertz CT molecular complexity index is 1740. The molecule has 0 aliphatic carbocycles. The van der Waals surface area contributed by atoms with E-state index in [1.165, 1.54) is 35.2 Å². The molecule has 0 bridgehead atoms. The van der Waals surface area contributed by atoms with Gasteiger partial charge < -0.3 is 14.6 Å². The van der Waals surface area contributed by atoms with Gasteiger partial charge in [0.1, 0.15) is 10.8 Å². The van der Waals surface area contributed by atoms with Crippen molar-refractivity contribution in [1.82, 2.24) is 9.62 Å². The number of rotatable bonds is 11. The van der Waals surface area contributed by atoms with Gasteiger partial charge in [-0.05, 0) is 66.9 Å². The first-order valence-corrected chi connectivity index (χ1v) is 14.5. The number of furan rings is 1. The van der Waals surface area contributed by atoms with E-state index in [9.17, 15) is 32.9 Å². The first-order valence-electron chi connectivity index (χ1n) is 13.0. The molecular weight excluding hydrogens is 564 g/mol. The maximum absolute atomic E-state index is 13.3. The van der Waals surface area contributed by atoms with E-state index >= 15 is 0 Å². The van der Waals surface area contributed by atoms with Gasteiger partial charge in [-0.25, -0.2) is 13.1 Å². The highest BCUT2D eigenvalue weighted by Gasteiger charge is 2.33. The van der Waals surface area contributed by atoms with Crippen molar-refractivity contribution >= 4 is 50.1 Å². The van der Waals surface area contributed by atoms with Gasteiger partial charge in [0.05, 0.1) is 11.0 Å². The van der Waals surface area contributed by atoms with Gasteiger partial charge in [-0.3, -0.25) is 24.5 Å². The fourth-order valence-electron chi connectivity index (χ4n) is 4.35. The summed E-state index contributed by atoms with van der Waals surface area (Å²) in [5.41, 5.74) is 0.864. The summed E-state index contributed by atoms with van der Waals surface area (Å²) in [6.07, 6.45) is -0.104. The Balaban J connectivity index is 1.52. The van der Waals surface area contributed by atoms with Crippen LogP contribution in [0.3, 0.4) is 0 Å². The summed E-state index contributed by atoms with van der Waals surface area (Å²) in [7, 11) is -4.28. The average molecular weight is 593 g/mol. The van der Waals surface area contributed by atoms with Crippen molar-refractivity contribution in [3.05, 3.63) is 100 Å². The second-order valence-corrected chi connectivity index (χ2v) is 11.0. The van der Waals surface area contributed by atoms with Gasteiger partial charge in [0.25, 0.3) is 15.9 Å². The van der Waals surface area contributed by atoms with Crippen LogP contribution in [-0.4, -0.2) is 49.1 Å². The minimum Gasteiger partial charge on any atom is -0.395 e. The molecule has 1 atom stereocenters. The Morgan fingerprint density at radius 1 is 0.929 bits per heavy atom. The molecule has 0 radical (unpaired) electrons. The first-order chi connectivity index (χ1) is 20.0. The van der Waals surface area contributed by atoms with Crippen LogP contribution in [0.1, 0.15) is 30.0 Å². The maximum atomic E-state index is 13.3. The third kappa shape index (κ3) is 6.81. The molecule has 42 heavy (non-hydrogen) atoms. The summed E-state index contributed by atoms with van der Waals surface area (Å²) >= 11 is 0. The maximum Gasteiger partial charge on any atom is 0.433 e. The van der Waals surface area contributed by atoms with Gasteiger partial charge in [-0.2, -0.15) is 0 Å². The molecule has 4 aromatic rings. The summed E-state index contributed by atoms with van der Waals surface area (Å²) in [6, 6.07) is 20.1. The number of nitrogens with zero attached hydrogens (tertiary/aromatic N) is 2. The van der Waals surface area contributed by atoms with Gasteiger partial charge >= 0.3 is 5.88 Å². The number of fused-ring (bicyclic) bond motifs is 1. The molecule has 0 spiro atoms. The van der Waals surface area contributed by atoms with Crippen LogP contribution in [0.5, 0.6) is 0 Å². The van der Waals surface area contributed by atoms with E-state index in [4.69, 9.17) is 4.42 Å². The molecule has 3 amide bonds. The zero-order chi connectivity index (χ0) is 30.4. The van der Waals surface area contributed by atoms with Crippen LogP contribution in [-0.2, 0) is 26.0 Å². The van der Waals surface area contributed by atoms with Crippen molar-refractivity contribution in [2.75, 3.05) is 18.4 Å². The van der Waals surface area contributed by atoms with Gasteiger partial charge in [-0.15, -0.1) is 0 Å². The van der Waals surface area contributed by atoms with E-state index in [0.29, 0.717) is 29.7 Å². The quantitative estimate of drug-likeness (QED) is 0.149. The summed E-state index contributed by atoms with van der Waals surface area (Å²) in [5, 5.41) is 14.8. The van der Waals surface area contributed by atoms with E-state index in [-0.39, 0.29) is 17.1 Å². The summed E-state index contributed by atoms with van der Waals surface area (Å²) in [6.45, 7) is 4.17. The Hall–Kier alpha value is -5.04. The number of carbonyl (C=O) groups is 3. The SMILES string of the molecule is CCN(CC)C(=O)C(Cc1ccc(NC(=O)c2ccc([N+](=O)[O-])o2)cc1)C(=O)NS(=O)(=O)c1ccc2ccccc2c1. The second kappa shape index (κ2) is 12.6. The van der Waals surface area contributed by atoms with Gasteiger partial charge in [0.2, 0.25) is 11.8 Å². The number of sulfonamides is 1. The lowest BCUT2D eigenvalue weighted by Gasteiger charge is -2.24. The highest BCUT2D eigenvalue weighted by atomic mass is 32.2. The Morgan fingerprint density at radius 2 is 1.60 bits per heavy atom. The molecule has 218 valence electrons. The van der Waals surface area contributed by atoms with Crippen LogP contribution in [0.25, 0.3) is 10.8 Å². The number of anilines is 1. The molecular formula is C29H28N4O8S. The minimum absolute atomic E-state index is 0.104. The summed E-state index contributed by atoms with van der Waals surface area (Å²) in [4.78, 5) is 50.4. The molecule has 1 aromatic heterocycles. The highest BCUT2D eigenvalue weighted by Crippen LogP contribution is 2.22. The highest BCUT2D eigenvalue weighted by molar-refractivity contribution is 7.90. The first kappa shape index (κ1) is 29.9. The zero-order valence-corrected chi connectivity index (χ0v) is 23.6. The molecule has 0 fully saturated rings. The molecule has 12 nitrogen and oxygen atoms in total. The standard InChI is InChI=1S/C29H28N4O8S/c1-3-32(4-2)29(36)24(27(34)31-42(39,40)23-14-11-20-7-5-6-8-21(20)18-23)17-19-9-12-22(13-10-19)30-28(35)25-15-16-26(41-25)33(37)38/h5-16,18,24H,3-4,17H2,1-2H3,(H,30,35)(H,31,34). The largest absolute Gasteiger partial charge is 0.433 e. The van der Waals surface area contributed by atoms with E-state index in [2.05, 4.69) is 10.0 Å². The van der Waals surface area contributed by atoms with Crippen molar-refractivity contribution in [3.63, 3.8) is 0 Å². The fourth-order valence-corrected chi connectivity index (χ4v) is 5.40. The molecule has 0 aliphatic rings. The number of carbonyl (C=O) groups excluding carboxylic acids is 3. The number of hydrogen-bond acceptors (Lipinski definition) is 8. The second-order valence-electron chi connectivity index (χ2n) is 9.29. The molecule has 2 N–H and O–H groups in total. The van der Waals surface area contributed by atoms with Crippen LogP contribution in [0.4, 0.5) is 11.6 Å². The van der Waals surface area contributed by atoms with E-state index in [1.54, 1.807) is 44.2 Å². The predicted molar refractivity (Wildman–Crippen MR) is 154 cm³/mol. The fraction of sp³-hybridized carbons (Fsp3) is 0.207. The average Bonchev–Trinajstić information content (AvgIpc) is 3.48. The molecule has 4 rings (SSSR count). The molecule has 0 saturated heterocycles. The summed E-state index contributed by atoms with van der Waals surface area (Å²) < 4.78 is 33.2. The monoisotopic (exact) mass is 592 g/mol. The molecule has 0 saturated carbocycles. The normalized spacial score (nSPS) is 12.0. The Labute approximate surface area is 241 Å². The third-order valence-corrected chi connectivity index (χ3v) is 7.95. The molecule has 1 heterocycles. The number of nitrogens with one attached hydrogen (secondary N) is 2. The van der Waals surface area contributed by atoms with Crippen molar-refractivity contribution in [2.45, 2.75) is 25.2 Å². The number of nitro groups is 1. The van der Waals surface area contributed by atoms with Gasteiger partial charge in [0.15, 0.2) is 5.76 Å². The molecule has 13 heteroatoms. The van der Waals surface area contributed by atoms with Crippen LogP contribution in [0.15, 0.2) is 88.2 Å². The Morgan fingerprint density at radius 3 is 2.21 bits per heavy atom. The molecule has 1 unspecified atom stereocenters. The number of benzene rings is 3. The number of amides is 3. The van der Waals surface area contributed by atoms with Crippen LogP contribution >= 0.6 is 0 Å². The summed E-state index contributed by atoms with van der Waals surface area (Å²) in [5.74, 6) is -4.35. The van der Waals surface area contributed by atoms with Crippen molar-refractivity contribution in [1.29, 1.82) is 0 Å². The third-order valence-electron chi connectivity index (χ3n) is 6.60. The van der Waals surface area contributed by atoms with E-state index < -0.39 is 44.5 Å². The van der Waals surface area contributed by atoms with Crippen LogP contribution < -0.4 is 10.0 Å². The van der Waals surface area contributed by atoms with Crippen molar-refractivity contribution < 1.29 is 32.1 Å². The van der Waals surface area contributed by atoms with E-state index in [0.717, 1.165) is 11.5 Å². The molecule has 0 aliphatic heterocycles. The van der Waals surface area contributed by atoms with Crippen LogP contribution in [0.2, 0.25) is 0 Å². The smallest absolute Gasteiger partial charge is 0.395 e. The Kier molecular flexibility index (Phi) is 9.01. The molecule has 3 aromatic carbocycles. The number of hydrogen-bond donors (Lipinski definition) is 2. The van der Waals surface area contributed by atoms with Gasteiger partial charge in [-0.1, -0.05) is 42.5 Å². The zero-order valence-electron chi connectivity index (χ0n) is 22.8. The van der Waals surface area contributed by atoms with Crippen molar-refractivity contribution in [3.8, 4) is 0 Å². The lowest BCUT2D eigenvalue weighted by atomic mass is 9.97. The van der Waals surface area contributed by atoms with Crippen molar-refractivity contribution in [2.24, 2.45) is 5.92 Å². The topological polar surface area (TPSA) is 169 Å². The minimum atomic E-state index is -4.28. The lowest BCUT2D eigenvalue weighted by molar-refractivity contribution is -0.402. The predicted octanol–water partition coefficient (Wildman–Crippen LogP) is 4.13. The lowest BCUT2D eigenvalue weighted by Crippen LogP contribution is -2.46. The van der Waals surface area contributed by atoms with Gasteiger partial charge in [0, 0.05) is 18.8 Å². The van der Waals surface area contributed by atoms with E-state index in [1.807, 2.05) is 12.1 Å².